The van der Waals surface area contributed by atoms with Gasteiger partial charge in [-0.2, -0.15) is 0 Å². The van der Waals surface area contributed by atoms with Crippen molar-refractivity contribution in [3.05, 3.63) is 30.3 Å². The summed E-state index contributed by atoms with van der Waals surface area (Å²) in [5.41, 5.74) is 0. The maximum absolute atomic E-state index is 9.76. The lowest BCUT2D eigenvalue weighted by Crippen LogP contribution is -1.84. The Morgan fingerprint density at radius 3 is 2.73 bits per heavy atom. The van der Waals surface area contributed by atoms with Gasteiger partial charge >= 0.3 is 0 Å². The Bertz CT molecular complexity index is 211. The minimum Gasteiger partial charge on any atom is -0.456 e. The molecule has 0 aromatic heterocycles. The number of benzene rings is 1. The van der Waals surface area contributed by atoms with E-state index < -0.39 is 0 Å². The number of carbonyl (C=O) groups is 1. The Morgan fingerprint density at radius 2 is 2.09 bits per heavy atom. The van der Waals surface area contributed by atoms with Crippen molar-refractivity contribution in [3.8, 4) is 0 Å². The Kier molecular flexibility index (Phi) is 3.55. The van der Waals surface area contributed by atoms with Crippen molar-refractivity contribution in [2.75, 3.05) is 5.94 Å². The first kappa shape index (κ1) is 8.14. The number of hydrogen-bond donors (Lipinski definition) is 0. The molecule has 0 saturated carbocycles. The van der Waals surface area contributed by atoms with E-state index in [-0.39, 0.29) is 0 Å². The van der Waals surface area contributed by atoms with E-state index in [0.717, 1.165) is 4.90 Å². The zero-order chi connectivity index (χ0) is 7.94. The molecular formula is C8H8O2S. The molecule has 0 aliphatic carbocycles. The molecule has 0 fully saturated rings. The van der Waals surface area contributed by atoms with Gasteiger partial charge in [0.2, 0.25) is 0 Å². The standard InChI is InChI=1S/C8H8O2S/c9-6-10-7-11-8-4-2-1-3-5-8/h1-6H,7H2. The van der Waals surface area contributed by atoms with Crippen LogP contribution in [0.15, 0.2) is 35.2 Å². The van der Waals surface area contributed by atoms with Crippen LogP contribution in [-0.4, -0.2) is 12.4 Å². The van der Waals surface area contributed by atoms with Crippen LogP contribution in [-0.2, 0) is 9.53 Å². The van der Waals surface area contributed by atoms with E-state index >= 15 is 0 Å². The smallest absolute Gasteiger partial charge is 0.293 e. The van der Waals surface area contributed by atoms with Crippen LogP contribution in [0, 0.1) is 0 Å². The van der Waals surface area contributed by atoms with E-state index in [4.69, 9.17) is 0 Å². The topological polar surface area (TPSA) is 26.3 Å². The van der Waals surface area contributed by atoms with Gasteiger partial charge in [-0.1, -0.05) is 30.0 Å². The summed E-state index contributed by atoms with van der Waals surface area (Å²) in [6.45, 7) is 0.454. The summed E-state index contributed by atoms with van der Waals surface area (Å²) in [6, 6.07) is 9.79. The molecule has 0 bridgehead atoms. The predicted octanol–water partition coefficient (Wildman–Crippen LogP) is 1.91. The van der Waals surface area contributed by atoms with Crippen molar-refractivity contribution in [2.45, 2.75) is 4.90 Å². The van der Waals surface area contributed by atoms with E-state index in [1.165, 1.54) is 11.8 Å². The van der Waals surface area contributed by atoms with Crippen LogP contribution in [0.2, 0.25) is 0 Å². The highest BCUT2D eigenvalue weighted by molar-refractivity contribution is 7.99. The van der Waals surface area contributed by atoms with Crippen LogP contribution in [0.3, 0.4) is 0 Å². The fraction of sp³-hybridized carbons (Fsp3) is 0.125. The lowest BCUT2D eigenvalue weighted by Gasteiger charge is -1.97. The third-order valence-corrected chi connectivity index (χ3v) is 1.96. The lowest BCUT2D eigenvalue weighted by atomic mass is 10.4. The average Bonchev–Trinajstić information content (AvgIpc) is 2.07. The zero-order valence-corrected chi connectivity index (χ0v) is 6.71. The highest BCUT2D eigenvalue weighted by Crippen LogP contribution is 2.15. The molecule has 0 aliphatic heterocycles. The van der Waals surface area contributed by atoms with Gasteiger partial charge in [0.25, 0.3) is 6.47 Å². The van der Waals surface area contributed by atoms with Gasteiger partial charge in [0.1, 0.15) is 5.94 Å². The molecule has 0 saturated heterocycles. The van der Waals surface area contributed by atoms with Crippen LogP contribution < -0.4 is 0 Å². The second-order valence-electron chi connectivity index (χ2n) is 1.84. The molecule has 1 rings (SSSR count). The van der Waals surface area contributed by atoms with Gasteiger partial charge in [-0.15, -0.1) is 0 Å². The molecule has 58 valence electrons. The highest BCUT2D eigenvalue weighted by atomic mass is 32.2. The molecular weight excluding hydrogens is 160 g/mol. The first-order valence-electron chi connectivity index (χ1n) is 3.16. The van der Waals surface area contributed by atoms with Gasteiger partial charge in [-0.25, -0.2) is 0 Å². The predicted molar refractivity (Wildman–Crippen MR) is 44.3 cm³/mol. The summed E-state index contributed by atoms with van der Waals surface area (Å²) in [6.07, 6.45) is 0. The van der Waals surface area contributed by atoms with Gasteiger partial charge in [0.15, 0.2) is 0 Å². The van der Waals surface area contributed by atoms with Crippen molar-refractivity contribution >= 4 is 18.2 Å². The number of rotatable bonds is 4. The van der Waals surface area contributed by atoms with Crippen LogP contribution in [0.4, 0.5) is 0 Å². The maximum atomic E-state index is 9.76. The maximum Gasteiger partial charge on any atom is 0.293 e. The molecule has 1 aromatic rings. The average molecular weight is 168 g/mol. The Balaban J connectivity index is 2.33. The quantitative estimate of drug-likeness (QED) is 0.297. The Hall–Kier alpha value is -0.960. The third-order valence-electron chi connectivity index (χ3n) is 1.10. The molecule has 11 heavy (non-hydrogen) atoms. The molecule has 3 heteroatoms. The van der Waals surface area contributed by atoms with E-state index in [2.05, 4.69) is 4.74 Å². The van der Waals surface area contributed by atoms with Crippen LogP contribution in [0.25, 0.3) is 0 Å². The number of hydrogen-bond acceptors (Lipinski definition) is 3. The summed E-state index contributed by atoms with van der Waals surface area (Å²) >= 11 is 1.49. The first-order chi connectivity index (χ1) is 5.43. The lowest BCUT2D eigenvalue weighted by molar-refractivity contribution is -0.126. The van der Waals surface area contributed by atoms with Crippen LogP contribution >= 0.6 is 11.8 Å². The number of ether oxygens (including phenoxy) is 1. The fourth-order valence-electron chi connectivity index (χ4n) is 0.647. The number of carbonyl (C=O) groups excluding carboxylic acids is 1. The van der Waals surface area contributed by atoms with Gasteiger partial charge in [0.05, 0.1) is 0 Å². The van der Waals surface area contributed by atoms with Gasteiger partial charge < -0.3 is 4.74 Å². The largest absolute Gasteiger partial charge is 0.456 e. The minimum absolute atomic E-state index is 0.382. The normalized spacial score (nSPS) is 9.09. The molecule has 0 unspecified atom stereocenters. The molecule has 0 atom stereocenters. The molecule has 2 nitrogen and oxygen atoms in total. The minimum atomic E-state index is 0.382. The molecule has 0 amide bonds. The summed E-state index contributed by atoms with van der Waals surface area (Å²) < 4.78 is 4.52. The van der Waals surface area contributed by atoms with Gasteiger partial charge in [-0.3, -0.25) is 4.79 Å². The second kappa shape index (κ2) is 4.79. The van der Waals surface area contributed by atoms with Crippen molar-refractivity contribution in [1.29, 1.82) is 0 Å². The molecule has 1 aromatic carbocycles. The van der Waals surface area contributed by atoms with E-state index in [1.54, 1.807) is 0 Å². The van der Waals surface area contributed by atoms with Crippen molar-refractivity contribution in [2.24, 2.45) is 0 Å². The third kappa shape index (κ3) is 3.09. The first-order valence-corrected chi connectivity index (χ1v) is 4.15. The Labute approximate surface area is 69.6 Å². The molecule has 0 N–H and O–H groups in total. The zero-order valence-electron chi connectivity index (χ0n) is 5.90. The van der Waals surface area contributed by atoms with Crippen LogP contribution in [0.5, 0.6) is 0 Å². The second-order valence-corrected chi connectivity index (χ2v) is 2.83. The summed E-state index contributed by atoms with van der Waals surface area (Å²) in [4.78, 5) is 10.9. The van der Waals surface area contributed by atoms with Gasteiger partial charge in [0, 0.05) is 4.90 Å². The van der Waals surface area contributed by atoms with Crippen molar-refractivity contribution in [3.63, 3.8) is 0 Å². The SMILES string of the molecule is O=COCSc1ccccc1. The van der Waals surface area contributed by atoms with E-state index in [9.17, 15) is 4.79 Å². The van der Waals surface area contributed by atoms with E-state index in [1.807, 2.05) is 30.3 Å². The Morgan fingerprint density at radius 1 is 1.36 bits per heavy atom. The summed E-state index contributed by atoms with van der Waals surface area (Å²) in [7, 11) is 0. The van der Waals surface area contributed by atoms with Crippen LogP contribution in [0.1, 0.15) is 0 Å². The summed E-state index contributed by atoms with van der Waals surface area (Å²) in [5, 5.41) is 0. The monoisotopic (exact) mass is 168 g/mol. The molecule has 0 heterocycles. The van der Waals surface area contributed by atoms with Crippen molar-refractivity contribution in [1.82, 2.24) is 0 Å². The fourth-order valence-corrected chi connectivity index (χ4v) is 1.26. The van der Waals surface area contributed by atoms with Crippen molar-refractivity contribution < 1.29 is 9.53 Å². The molecule has 0 spiro atoms. The summed E-state index contributed by atoms with van der Waals surface area (Å²) in [5.74, 6) is 0.382. The van der Waals surface area contributed by atoms with E-state index in [0.29, 0.717) is 12.4 Å². The van der Waals surface area contributed by atoms with Gasteiger partial charge in [-0.05, 0) is 12.1 Å². The molecule has 0 radical (unpaired) electrons. The highest BCUT2D eigenvalue weighted by Gasteiger charge is 1.89. The molecule has 0 aliphatic rings. The number of thioether (sulfide) groups is 1.